The standard InChI is InChI=1S/C10H10O3/c1-6(11)8-4-3-5-9(13)10(8)7(2)12/h3-5,11-13H,1-2H2. The van der Waals surface area contributed by atoms with Crippen LogP contribution in [0.25, 0.3) is 11.5 Å². The normalized spacial score (nSPS) is 9.54. The van der Waals surface area contributed by atoms with Crippen molar-refractivity contribution in [3.63, 3.8) is 0 Å². The average Bonchev–Trinajstić information content (AvgIpc) is 2.02. The van der Waals surface area contributed by atoms with Crippen molar-refractivity contribution in [1.29, 1.82) is 0 Å². The van der Waals surface area contributed by atoms with Crippen LogP contribution in [-0.2, 0) is 0 Å². The van der Waals surface area contributed by atoms with Crippen LogP contribution in [-0.4, -0.2) is 15.3 Å². The van der Waals surface area contributed by atoms with Crippen LogP contribution in [0.1, 0.15) is 11.1 Å². The fourth-order valence-corrected chi connectivity index (χ4v) is 1.08. The van der Waals surface area contributed by atoms with Crippen LogP contribution in [0.5, 0.6) is 5.75 Å². The Kier molecular flexibility index (Phi) is 2.28. The number of hydrogen-bond acceptors (Lipinski definition) is 3. The maximum absolute atomic E-state index is 9.34. The molecule has 0 fully saturated rings. The third-order valence-electron chi connectivity index (χ3n) is 1.64. The Hall–Kier alpha value is -1.90. The number of hydrogen-bond donors (Lipinski definition) is 3. The van der Waals surface area contributed by atoms with Gasteiger partial charge in [-0.2, -0.15) is 0 Å². The molecule has 68 valence electrons. The maximum Gasteiger partial charge on any atom is 0.127 e. The summed E-state index contributed by atoms with van der Waals surface area (Å²) in [6.45, 7) is 6.57. The first-order chi connectivity index (χ1) is 6.04. The van der Waals surface area contributed by atoms with Crippen molar-refractivity contribution in [2.75, 3.05) is 0 Å². The van der Waals surface area contributed by atoms with Gasteiger partial charge in [0, 0.05) is 5.56 Å². The fraction of sp³-hybridized carbons (Fsp3) is 0. The molecular weight excluding hydrogens is 168 g/mol. The molecule has 3 heteroatoms. The van der Waals surface area contributed by atoms with Crippen molar-refractivity contribution in [3.8, 4) is 5.75 Å². The lowest BCUT2D eigenvalue weighted by atomic mass is 10.0. The molecule has 0 spiro atoms. The summed E-state index contributed by atoms with van der Waals surface area (Å²) < 4.78 is 0. The minimum Gasteiger partial charge on any atom is -0.508 e. The molecule has 13 heavy (non-hydrogen) atoms. The average molecular weight is 178 g/mol. The van der Waals surface area contributed by atoms with Crippen LogP contribution < -0.4 is 0 Å². The monoisotopic (exact) mass is 178 g/mol. The van der Waals surface area contributed by atoms with E-state index in [2.05, 4.69) is 13.2 Å². The molecule has 0 saturated heterocycles. The highest BCUT2D eigenvalue weighted by Gasteiger charge is 2.11. The van der Waals surface area contributed by atoms with E-state index < -0.39 is 0 Å². The van der Waals surface area contributed by atoms with E-state index in [1.165, 1.54) is 12.1 Å². The Balaban J connectivity index is 3.43. The van der Waals surface area contributed by atoms with Crippen LogP contribution in [0.15, 0.2) is 31.4 Å². The van der Waals surface area contributed by atoms with E-state index in [-0.39, 0.29) is 28.4 Å². The van der Waals surface area contributed by atoms with Gasteiger partial charge in [-0.05, 0) is 6.07 Å². The number of aromatic hydroxyl groups is 1. The highest BCUT2D eigenvalue weighted by Crippen LogP contribution is 2.29. The van der Waals surface area contributed by atoms with E-state index >= 15 is 0 Å². The fourth-order valence-electron chi connectivity index (χ4n) is 1.08. The van der Waals surface area contributed by atoms with Crippen LogP contribution >= 0.6 is 0 Å². The van der Waals surface area contributed by atoms with Gasteiger partial charge < -0.3 is 15.3 Å². The van der Waals surface area contributed by atoms with Crippen LogP contribution in [0.3, 0.4) is 0 Å². The minimum atomic E-state index is -0.302. The first-order valence-electron chi connectivity index (χ1n) is 3.62. The highest BCUT2D eigenvalue weighted by molar-refractivity contribution is 5.75. The van der Waals surface area contributed by atoms with Gasteiger partial charge in [-0.1, -0.05) is 25.3 Å². The molecule has 0 aliphatic heterocycles. The van der Waals surface area contributed by atoms with Gasteiger partial charge in [0.15, 0.2) is 0 Å². The summed E-state index contributed by atoms with van der Waals surface area (Å²) in [6, 6.07) is 4.46. The summed E-state index contributed by atoms with van der Waals surface area (Å²) >= 11 is 0. The molecule has 0 heterocycles. The number of rotatable bonds is 2. The van der Waals surface area contributed by atoms with Crippen LogP contribution in [0.4, 0.5) is 0 Å². The maximum atomic E-state index is 9.34. The van der Waals surface area contributed by atoms with Gasteiger partial charge >= 0.3 is 0 Å². The number of benzene rings is 1. The molecule has 1 aromatic carbocycles. The lowest BCUT2D eigenvalue weighted by molar-refractivity contribution is 0.457. The number of aliphatic hydroxyl groups is 2. The number of phenols is 1. The van der Waals surface area contributed by atoms with Crippen molar-refractivity contribution in [3.05, 3.63) is 42.5 Å². The van der Waals surface area contributed by atoms with Crippen molar-refractivity contribution < 1.29 is 15.3 Å². The summed E-state index contributed by atoms with van der Waals surface area (Å²) in [7, 11) is 0. The summed E-state index contributed by atoms with van der Waals surface area (Å²) in [4.78, 5) is 0. The second-order valence-electron chi connectivity index (χ2n) is 2.59. The largest absolute Gasteiger partial charge is 0.508 e. The molecule has 3 N–H and O–H groups in total. The zero-order valence-corrected chi connectivity index (χ0v) is 6.99. The van der Waals surface area contributed by atoms with Gasteiger partial charge in [0.1, 0.15) is 17.3 Å². The van der Waals surface area contributed by atoms with Crippen molar-refractivity contribution >= 4 is 11.5 Å². The van der Waals surface area contributed by atoms with E-state index in [1.807, 2.05) is 0 Å². The summed E-state index contributed by atoms with van der Waals surface area (Å²) in [6.07, 6.45) is 0. The second kappa shape index (κ2) is 3.23. The van der Waals surface area contributed by atoms with Gasteiger partial charge in [-0.15, -0.1) is 0 Å². The highest BCUT2D eigenvalue weighted by atomic mass is 16.3. The van der Waals surface area contributed by atoms with Gasteiger partial charge in [-0.25, -0.2) is 0 Å². The molecular formula is C10H10O3. The van der Waals surface area contributed by atoms with Gasteiger partial charge in [0.25, 0.3) is 0 Å². The lowest BCUT2D eigenvalue weighted by Crippen LogP contribution is -1.91. The first kappa shape index (κ1) is 9.19. The molecule has 0 aliphatic rings. The molecule has 3 nitrogen and oxygen atoms in total. The van der Waals surface area contributed by atoms with Crippen molar-refractivity contribution in [1.82, 2.24) is 0 Å². The topological polar surface area (TPSA) is 60.7 Å². The van der Waals surface area contributed by atoms with Gasteiger partial charge in [-0.3, -0.25) is 0 Å². The SMILES string of the molecule is C=C(O)c1cccc(O)c1C(=C)O. The lowest BCUT2D eigenvalue weighted by Gasteiger charge is -2.08. The summed E-state index contributed by atoms with van der Waals surface area (Å²) in [5, 5.41) is 27.6. The molecule has 0 saturated carbocycles. The molecule has 0 amide bonds. The predicted octanol–water partition coefficient (Wildman–Crippen LogP) is 2.45. The van der Waals surface area contributed by atoms with Crippen molar-refractivity contribution in [2.24, 2.45) is 0 Å². The van der Waals surface area contributed by atoms with E-state index in [0.29, 0.717) is 0 Å². The van der Waals surface area contributed by atoms with Crippen LogP contribution in [0.2, 0.25) is 0 Å². The molecule has 1 aromatic rings. The van der Waals surface area contributed by atoms with Gasteiger partial charge in [0.05, 0.1) is 5.56 Å². The third-order valence-corrected chi connectivity index (χ3v) is 1.64. The van der Waals surface area contributed by atoms with Crippen LogP contribution in [0, 0.1) is 0 Å². The molecule has 0 aliphatic carbocycles. The first-order valence-corrected chi connectivity index (χ1v) is 3.62. The molecule has 0 atom stereocenters. The zero-order valence-electron chi connectivity index (χ0n) is 6.99. The summed E-state index contributed by atoms with van der Waals surface area (Å²) in [5.74, 6) is -0.662. The molecule has 0 bridgehead atoms. The molecule has 0 unspecified atom stereocenters. The summed E-state index contributed by atoms with van der Waals surface area (Å²) in [5.41, 5.74) is 0.377. The van der Waals surface area contributed by atoms with E-state index in [4.69, 9.17) is 10.2 Å². The molecule has 0 radical (unpaired) electrons. The molecule has 1 rings (SSSR count). The minimum absolute atomic E-state index is 0.106. The Morgan fingerprint density at radius 1 is 1.08 bits per heavy atom. The zero-order chi connectivity index (χ0) is 10.0. The van der Waals surface area contributed by atoms with E-state index in [0.717, 1.165) is 0 Å². The smallest absolute Gasteiger partial charge is 0.127 e. The third kappa shape index (κ3) is 1.64. The Morgan fingerprint density at radius 2 is 1.69 bits per heavy atom. The second-order valence-corrected chi connectivity index (χ2v) is 2.59. The van der Waals surface area contributed by atoms with Crippen molar-refractivity contribution in [2.45, 2.75) is 0 Å². The molecule has 0 aromatic heterocycles. The van der Waals surface area contributed by atoms with Gasteiger partial charge in [0.2, 0.25) is 0 Å². The van der Waals surface area contributed by atoms with E-state index in [9.17, 15) is 5.11 Å². The van der Waals surface area contributed by atoms with E-state index in [1.54, 1.807) is 6.07 Å². The number of aliphatic hydroxyl groups excluding tert-OH is 2. The quantitative estimate of drug-likeness (QED) is 0.609. The Morgan fingerprint density at radius 3 is 2.08 bits per heavy atom. The number of phenolic OH excluding ortho intramolecular Hbond substituents is 1. The Bertz CT molecular complexity index is 366. The predicted molar refractivity (Wildman–Crippen MR) is 51.4 cm³/mol. The Labute approximate surface area is 75.9 Å².